The molecule has 7 nitrogen and oxygen atoms in total. The Kier molecular flexibility index (Phi) is 7.06. The van der Waals surface area contributed by atoms with E-state index in [9.17, 15) is 15.3 Å². The second-order valence-corrected chi connectivity index (χ2v) is 6.21. The number of hydrogen-bond acceptors (Lipinski definition) is 7. The molecular formula is C19H26N2O5. The lowest BCUT2D eigenvalue weighted by Crippen LogP contribution is -2.39. The van der Waals surface area contributed by atoms with Gasteiger partial charge in [-0.05, 0) is 32.9 Å². The average molecular weight is 362 g/mol. The fraction of sp³-hybridized carbons (Fsp3) is 0.421. The third-order valence-electron chi connectivity index (χ3n) is 3.81. The summed E-state index contributed by atoms with van der Waals surface area (Å²) in [5.74, 6) is 0.194. The van der Waals surface area contributed by atoms with Gasteiger partial charge in [-0.3, -0.25) is 4.98 Å². The molecule has 142 valence electrons. The van der Waals surface area contributed by atoms with Crippen LogP contribution in [0.1, 0.15) is 18.3 Å². The first kappa shape index (κ1) is 19.8. The number of pyridine rings is 1. The summed E-state index contributed by atoms with van der Waals surface area (Å²) in [6.07, 6.45) is -0.795. The molecule has 1 aromatic carbocycles. The molecule has 1 aromatic heterocycles. The summed E-state index contributed by atoms with van der Waals surface area (Å²) in [5.41, 5.74) is 0.768. The third kappa shape index (κ3) is 5.50. The maximum Gasteiger partial charge on any atom is 0.204 e. The van der Waals surface area contributed by atoms with Crippen LogP contribution >= 0.6 is 0 Å². The molecule has 1 heterocycles. The highest BCUT2D eigenvalue weighted by Crippen LogP contribution is 2.38. The Balaban J connectivity index is 1.75. The number of aryl methyl sites for hydroxylation is 2. The minimum atomic E-state index is -0.795. The van der Waals surface area contributed by atoms with Crippen LogP contribution in [0.4, 0.5) is 0 Å². The molecule has 0 amide bonds. The quantitative estimate of drug-likeness (QED) is 0.540. The van der Waals surface area contributed by atoms with Gasteiger partial charge in [0.1, 0.15) is 25.1 Å². The van der Waals surface area contributed by atoms with Gasteiger partial charge in [-0.15, -0.1) is 0 Å². The SMILES string of the molecule is Cc1nc(C)c(OCC(O)CNC(C)COc2ccccc2)c(O)c1O. The molecule has 0 saturated heterocycles. The van der Waals surface area contributed by atoms with E-state index in [2.05, 4.69) is 10.3 Å². The first-order valence-electron chi connectivity index (χ1n) is 8.49. The molecule has 0 aliphatic heterocycles. The molecule has 2 aromatic rings. The Morgan fingerprint density at radius 1 is 1.00 bits per heavy atom. The van der Waals surface area contributed by atoms with Gasteiger partial charge in [0.15, 0.2) is 11.5 Å². The first-order chi connectivity index (χ1) is 12.4. The van der Waals surface area contributed by atoms with Crippen molar-refractivity contribution in [3.63, 3.8) is 0 Å². The first-order valence-corrected chi connectivity index (χ1v) is 8.49. The van der Waals surface area contributed by atoms with Crippen LogP contribution < -0.4 is 14.8 Å². The molecule has 0 aliphatic rings. The van der Waals surface area contributed by atoms with Crippen molar-refractivity contribution < 1.29 is 24.8 Å². The number of ether oxygens (including phenoxy) is 2. The van der Waals surface area contributed by atoms with Gasteiger partial charge < -0.3 is 30.1 Å². The maximum atomic E-state index is 10.1. The van der Waals surface area contributed by atoms with E-state index in [1.54, 1.807) is 13.8 Å². The van der Waals surface area contributed by atoms with E-state index in [0.717, 1.165) is 5.75 Å². The zero-order valence-corrected chi connectivity index (χ0v) is 15.3. The highest BCUT2D eigenvalue weighted by Gasteiger charge is 2.17. The minimum absolute atomic E-state index is 0.0325. The number of aromatic hydroxyl groups is 2. The Labute approximate surface area is 153 Å². The number of aliphatic hydroxyl groups is 1. The van der Waals surface area contributed by atoms with Gasteiger partial charge in [0.05, 0.1) is 11.4 Å². The van der Waals surface area contributed by atoms with E-state index < -0.39 is 6.10 Å². The van der Waals surface area contributed by atoms with Crippen molar-refractivity contribution in [2.45, 2.75) is 32.9 Å². The summed E-state index contributed by atoms with van der Waals surface area (Å²) in [4.78, 5) is 4.09. The standard InChI is InChI=1S/C19H26N2O5/c1-12(10-25-16-7-5-4-6-8-16)20-9-15(22)11-26-19-14(3)21-13(2)17(23)18(19)24/h4-8,12,15,20,22-23H,9-11H2,1-3H3,(H,21,24). The van der Waals surface area contributed by atoms with E-state index in [1.807, 2.05) is 37.3 Å². The number of nitrogens with zero attached hydrogens (tertiary/aromatic N) is 1. The molecule has 7 heteroatoms. The van der Waals surface area contributed by atoms with Crippen molar-refractivity contribution in [1.29, 1.82) is 0 Å². The second-order valence-electron chi connectivity index (χ2n) is 6.21. The maximum absolute atomic E-state index is 10.1. The molecule has 26 heavy (non-hydrogen) atoms. The molecule has 0 spiro atoms. The van der Waals surface area contributed by atoms with Crippen LogP contribution in [-0.4, -0.2) is 52.2 Å². The fourth-order valence-corrected chi connectivity index (χ4v) is 2.35. The Bertz CT molecular complexity index is 709. The van der Waals surface area contributed by atoms with E-state index >= 15 is 0 Å². The number of nitrogens with one attached hydrogen (secondary N) is 1. The molecule has 0 bridgehead atoms. The smallest absolute Gasteiger partial charge is 0.204 e. The summed E-state index contributed by atoms with van der Waals surface area (Å²) < 4.78 is 11.1. The molecule has 4 N–H and O–H groups in total. The monoisotopic (exact) mass is 362 g/mol. The van der Waals surface area contributed by atoms with Crippen LogP contribution in [0, 0.1) is 13.8 Å². The highest BCUT2D eigenvalue weighted by molar-refractivity contribution is 5.53. The van der Waals surface area contributed by atoms with E-state index in [-0.39, 0.29) is 29.9 Å². The average Bonchev–Trinajstić information content (AvgIpc) is 2.63. The van der Waals surface area contributed by atoms with Crippen LogP contribution in [0.15, 0.2) is 30.3 Å². The lowest BCUT2D eigenvalue weighted by molar-refractivity contribution is 0.0991. The minimum Gasteiger partial charge on any atom is -0.503 e. The summed E-state index contributed by atoms with van der Waals surface area (Å²) in [5, 5.41) is 32.9. The lowest BCUT2D eigenvalue weighted by Gasteiger charge is -2.19. The summed E-state index contributed by atoms with van der Waals surface area (Å²) >= 11 is 0. The van der Waals surface area contributed by atoms with Gasteiger partial charge in [0, 0.05) is 12.6 Å². The fourth-order valence-electron chi connectivity index (χ4n) is 2.35. The van der Waals surface area contributed by atoms with Gasteiger partial charge in [-0.1, -0.05) is 18.2 Å². The van der Waals surface area contributed by atoms with Gasteiger partial charge in [0.2, 0.25) is 5.75 Å². The molecule has 2 unspecified atom stereocenters. The largest absolute Gasteiger partial charge is 0.503 e. The molecule has 0 fully saturated rings. The van der Waals surface area contributed by atoms with Crippen LogP contribution in [0.3, 0.4) is 0 Å². The van der Waals surface area contributed by atoms with Crippen molar-refractivity contribution in [1.82, 2.24) is 10.3 Å². The van der Waals surface area contributed by atoms with Crippen molar-refractivity contribution in [3.05, 3.63) is 41.7 Å². The molecule has 0 saturated carbocycles. The third-order valence-corrected chi connectivity index (χ3v) is 3.81. The summed E-state index contributed by atoms with van der Waals surface area (Å²) in [6.45, 7) is 5.92. The van der Waals surface area contributed by atoms with Gasteiger partial charge in [-0.2, -0.15) is 0 Å². The number of para-hydroxylation sites is 1. The van der Waals surface area contributed by atoms with Crippen molar-refractivity contribution in [3.8, 4) is 23.0 Å². The topological polar surface area (TPSA) is 104 Å². The molecule has 2 atom stereocenters. The number of aromatic nitrogens is 1. The number of benzene rings is 1. The van der Waals surface area contributed by atoms with E-state index in [0.29, 0.717) is 24.5 Å². The number of hydrogen-bond donors (Lipinski definition) is 4. The Morgan fingerprint density at radius 3 is 2.38 bits per heavy atom. The Morgan fingerprint density at radius 2 is 1.69 bits per heavy atom. The van der Waals surface area contributed by atoms with Crippen molar-refractivity contribution in [2.24, 2.45) is 0 Å². The predicted octanol–water partition coefficient (Wildman–Crippen LogP) is 1.91. The van der Waals surface area contributed by atoms with Crippen LogP contribution in [0.5, 0.6) is 23.0 Å². The van der Waals surface area contributed by atoms with Gasteiger partial charge >= 0.3 is 0 Å². The summed E-state index contributed by atoms with van der Waals surface area (Å²) in [6, 6.07) is 9.54. The van der Waals surface area contributed by atoms with Gasteiger partial charge in [-0.25, -0.2) is 0 Å². The Hall–Kier alpha value is -2.51. The number of aliphatic hydroxyl groups excluding tert-OH is 1. The number of rotatable bonds is 9. The molecule has 2 rings (SSSR count). The predicted molar refractivity (Wildman–Crippen MR) is 97.9 cm³/mol. The van der Waals surface area contributed by atoms with Crippen LogP contribution in [-0.2, 0) is 0 Å². The van der Waals surface area contributed by atoms with Crippen molar-refractivity contribution >= 4 is 0 Å². The van der Waals surface area contributed by atoms with Crippen LogP contribution in [0.25, 0.3) is 0 Å². The van der Waals surface area contributed by atoms with E-state index in [4.69, 9.17) is 9.47 Å². The second kappa shape index (κ2) is 9.26. The zero-order valence-electron chi connectivity index (χ0n) is 15.3. The lowest BCUT2D eigenvalue weighted by atomic mass is 10.2. The highest BCUT2D eigenvalue weighted by atomic mass is 16.5. The molecular weight excluding hydrogens is 336 g/mol. The van der Waals surface area contributed by atoms with Crippen LogP contribution in [0.2, 0.25) is 0 Å². The molecule has 0 radical (unpaired) electrons. The molecule has 0 aliphatic carbocycles. The van der Waals surface area contributed by atoms with E-state index in [1.165, 1.54) is 0 Å². The summed E-state index contributed by atoms with van der Waals surface area (Å²) in [7, 11) is 0. The van der Waals surface area contributed by atoms with Crippen molar-refractivity contribution in [2.75, 3.05) is 19.8 Å². The zero-order chi connectivity index (χ0) is 19.1. The normalized spacial score (nSPS) is 13.2. The van der Waals surface area contributed by atoms with Gasteiger partial charge in [0.25, 0.3) is 0 Å².